The van der Waals surface area contributed by atoms with Gasteiger partial charge in [0.25, 0.3) is 0 Å². The van der Waals surface area contributed by atoms with Gasteiger partial charge < -0.3 is 0 Å². The summed E-state index contributed by atoms with van der Waals surface area (Å²) in [5.74, 6) is 5.49. The molecule has 2 fully saturated rings. The average molecular weight is 293 g/mol. The first-order valence-electron chi connectivity index (χ1n) is 9.92. The van der Waals surface area contributed by atoms with Crippen LogP contribution in [0.1, 0.15) is 92.9 Å². The SMILES string of the molecule is CC(C)C1CCCC(C(C)C)C1(C(C)C)C1CCCCC1. The van der Waals surface area contributed by atoms with Crippen molar-refractivity contribution in [2.24, 2.45) is 40.9 Å². The van der Waals surface area contributed by atoms with Gasteiger partial charge in [-0.15, -0.1) is 0 Å². The fraction of sp³-hybridized carbons (Fsp3) is 1.00. The van der Waals surface area contributed by atoms with E-state index in [9.17, 15) is 0 Å². The van der Waals surface area contributed by atoms with Gasteiger partial charge in [-0.25, -0.2) is 0 Å². The summed E-state index contributed by atoms with van der Waals surface area (Å²) in [6.07, 6.45) is 12.0. The third-order valence-corrected chi connectivity index (χ3v) is 7.24. The lowest BCUT2D eigenvalue weighted by Gasteiger charge is -2.60. The molecule has 21 heavy (non-hydrogen) atoms. The van der Waals surface area contributed by atoms with E-state index < -0.39 is 0 Å². The first-order valence-corrected chi connectivity index (χ1v) is 9.92. The molecule has 0 heterocycles. The standard InChI is InChI=1S/C21H40/c1-15(2)19-13-10-14-20(16(3)4)21(19,17(5)6)18-11-8-7-9-12-18/h15-20H,7-14H2,1-6H3. The molecule has 0 aliphatic heterocycles. The van der Waals surface area contributed by atoms with Crippen LogP contribution >= 0.6 is 0 Å². The fourth-order valence-electron chi connectivity index (χ4n) is 6.69. The summed E-state index contributed by atoms with van der Waals surface area (Å²) in [6, 6.07) is 0. The third kappa shape index (κ3) is 3.06. The van der Waals surface area contributed by atoms with E-state index in [4.69, 9.17) is 0 Å². The highest BCUT2D eigenvalue weighted by atomic mass is 14.6. The van der Waals surface area contributed by atoms with Crippen molar-refractivity contribution in [3.8, 4) is 0 Å². The van der Waals surface area contributed by atoms with E-state index in [1.807, 2.05) is 0 Å². The molecule has 0 aromatic heterocycles. The molecule has 0 N–H and O–H groups in total. The molecule has 2 atom stereocenters. The van der Waals surface area contributed by atoms with Crippen LogP contribution in [-0.4, -0.2) is 0 Å². The van der Waals surface area contributed by atoms with Crippen LogP contribution in [0, 0.1) is 40.9 Å². The Morgan fingerprint density at radius 3 is 1.48 bits per heavy atom. The van der Waals surface area contributed by atoms with Crippen LogP contribution in [0.3, 0.4) is 0 Å². The molecule has 0 amide bonds. The van der Waals surface area contributed by atoms with Crippen molar-refractivity contribution < 1.29 is 0 Å². The molecule has 0 bridgehead atoms. The van der Waals surface area contributed by atoms with E-state index >= 15 is 0 Å². The molecule has 2 rings (SSSR count). The summed E-state index contributed by atoms with van der Waals surface area (Å²) < 4.78 is 0. The fourth-order valence-corrected chi connectivity index (χ4v) is 6.69. The minimum Gasteiger partial charge on any atom is -0.0625 e. The molecule has 2 aliphatic rings. The van der Waals surface area contributed by atoms with Gasteiger partial charge in [-0.3, -0.25) is 0 Å². The van der Waals surface area contributed by atoms with Gasteiger partial charge in [-0.05, 0) is 66.6 Å². The lowest BCUT2D eigenvalue weighted by Crippen LogP contribution is -2.54. The quantitative estimate of drug-likeness (QED) is 0.526. The Hall–Kier alpha value is 0. The maximum absolute atomic E-state index is 2.56. The Balaban J connectivity index is 2.45. The van der Waals surface area contributed by atoms with Crippen molar-refractivity contribution in [2.75, 3.05) is 0 Å². The van der Waals surface area contributed by atoms with Crippen LogP contribution in [0.5, 0.6) is 0 Å². The zero-order chi connectivity index (χ0) is 15.6. The highest BCUT2D eigenvalue weighted by molar-refractivity contribution is 5.03. The molecule has 0 radical (unpaired) electrons. The van der Waals surface area contributed by atoms with Crippen LogP contribution in [0.2, 0.25) is 0 Å². The molecule has 0 nitrogen and oxygen atoms in total. The van der Waals surface area contributed by atoms with E-state index in [0.717, 1.165) is 35.5 Å². The lowest BCUT2D eigenvalue weighted by atomic mass is 9.44. The topological polar surface area (TPSA) is 0 Å². The van der Waals surface area contributed by atoms with Crippen LogP contribution in [0.25, 0.3) is 0 Å². The summed E-state index contributed by atoms with van der Waals surface area (Å²) >= 11 is 0. The van der Waals surface area contributed by atoms with Crippen molar-refractivity contribution in [3.05, 3.63) is 0 Å². The molecule has 0 heteroatoms. The second-order valence-electron chi connectivity index (χ2n) is 9.12. The minimum absolute atomic E-state index is 0.626. The van der Waals surface area contributed by atoms with E-state index in [-0.39, 0.29) is 0 Å². The second kappa shape index (κ2) is 7.05. The smallest absolute Gasteiger partial charge is 0.0185 e. The van der Waals surface area contributed by atoms with Gasteiger partial charge in [-0.1, -0.05) is 67.2 Å². The molecule has 0 aromatic carbocycles. The molecule has 0 spiro atoms. The Morgan fingerprint density at radius 2 is 1.10 bits per heavy atom. The van der Waals surface area contributed by atoms with Crippen LogP contribution in [0.4, 0.5) is 0 Å². The average Bonchev–Trinajstić information content (AvgIpc) is 2.46. The molecule has 0 saturated heterocycles. The van der Waals surface area contributed by atoms with Crippen LogP contribution in [0.15, 0.2) is 0 Å². The normalized spacial score (nSPS) is 35.9. The summed E-state index contributed by atoms with van der Waals surface area (Å²) in [7, 11) is 0. The maximum atomic E-state index is 2.56. The zero-order valence-corrected chi connectivity index (χ0v) is 15.6. The lowest BCUT2D eigenvalue weighted by molar-refractivity contribution is -0.120. The molecule has 124 valence electrons. The van der Waals surface area contributed by atoms with Crippen molar-refractivity contribution in [2.45, 2.75) is 92.9 Å². The molecule has 2 aliphatic carbocycles. The van der Waals surface area contributed by atoms with Gasteiger partial charge in [0.2, 0.25) is 0 Å². The Labute approximate surface area is 134 Å². The second-order valence-corrected chi connectivity index (χ2v) is 9.12. The van der Waals surface area contributed by atoms with Crippen molar-refractivity contribution in [1.29, 1.82) is 0 Å². The monoisotopic (exact) mass is 292 g/mol. The Morgan fingerprint density at radius 1 is 0.619 bits per heavy atom. The van der Waals surface area contributed by atoms with Gasteiger partial charge in [0.15, 0.2) is 0 Å². The maximum Gasteiger partial charge on any atom is -0.0185 e. The van der Waals surface area contributed by atoms with Crippen molar-refractivity contribution in [3.63, 3.8) is 0 Å². The Kier molecular flexibility index (Phi) is 5.83. The summed E-state index contributed by atoms with van der Waals surface area (Å²) in [5, 5.41) is 0. The van der Waals surface area contributed by atoms with Gasteiger partial charge in [0.05, 0.1) is 0 Å². The van der Waals surface area contributed by atoms with E-state index in [0.29, 0.717) is 5.41 Å². The summed E-state index contributed by atoms with van der Waals surface area (Å²) in [5.41, 5.74) is 0.626. The minimum atomic E-state index is 0.626. The molecule has 2 unspecified atom stereocenters. The Bertz CT molecular complexity index is 290. The largest absolute Gasteiger partial charge is 0.0625 e. The third-order valence-electron chi connectivity index (χ3n) is 7.24. The summed E-state index contributed by atoms with van der Waals surface area (Å²) in [6.45, 7) is 15.1. The van der Waals surface area contributed by atoms with Gasteiger partial charge in [0, 0.05) is 0 Å². The number of hydrogen-bond donors (Lipinski definition) is 0. The molecular formula is C21H40. The predicted octanol–water partition coefficient (Wildman–Crippen LogP) is 6.94. The number of rotatable bonds is 4. The highest BCUT2D eigenvalue weighted by Crippen LogP contribution is 2.62. The molecular weight excluding hydrogens is 252 g/mol. The summed E-state index contributed by atoms with van der Waals surface area (Å²) in [4.78, 5) is 0. The van der Waals surface area contributed by atoms with E-state index in [1.165, 1.54) is 51.4 Å². The van der Waals surface area contributed by atoms with Crippen molar-refractivity contribution in [1.82, 2.24) is 0 Å². The van der Waals surface area contributed by atoms with Crippen LogP contribution in [-0.2, 0) is 0 Å². The zero-order valence-electron chi connectivity index (χ0n) is 15.6. The van der Waals surface area contributed by atoms with Gasteiger partial charge >= 0.3 is 0 Å². The number of hydrogen-bond acceptors (Lipinski definition) is 0. The van der Waals surface area contributed by atoms with E-state index in [1.54, 1.807) is 0 Å². The van der Waals surface area contributed by atoms with Gasteiger partial charge in [-0.2, -0.15) is 0 Å². The van der Waals surface area contributed by atoms with Crippen molar-refractivity contribution >= 4 is 0 Å². The first kappa shape index (κ1) is 17.4. The molecule has 2 saturated carbocycles. The van der Waals surface area contributed by atoms with E-state index in [2.05, 4.69) is 41.5 Å². The van der Waals surface area contributed by atoms with Crippen LogP contribution < -0.4 is 0 Å². The molecule has 0 aromatic rings. The first-order chi connectivity index (χ1) is 9.92. The highest BCUT2D eigenvalue weighted by Gasteiger charge is 2.55. The predicted molar refractivity (Wildman–Crippen MR) is 94.4 cm³/mol. The van der Waals surface area contributed by atoms with Gasteiger partial charge in [0.1, 0.15) is 0 Å².